The van der Waals surface area contributed by atoms with Crippen molar-refractivity contribution in [3.05, 3.63) is 0 Å². The highest BCUT2D eigenvalue weighted by molar-refractivity contribution is 4.79. The molecular weight excluding hydrogens is 146 g/mol. The van der Waals surface area contributed by atoms with E-state index >= 15 is 0 Å². The van der Waals surface area contributed by atoms with Crippen molar-refractivity contribution < 1.29 is 0 Å². The Morgan fingerprint density at radius 2 is 1.92 bits per heavy atom. The summed E-state index contributed by atoms with van der Waals surface area (Å²) in [5, 5.41) is 0. The predicted octanol–water partition coefficient (Wildman–Crippen LogP) is 2.94. The van der Waals surface area contributed by atoms with Gasteiger partial charge in [-0.15, -0.1) is 0 Å². The van der Waals surface area contributed by atoms with Crippen molar-refractivity contribution in [2.75, 3.05) is 0 Å². The third kappa shape index (κ3) is 3.14. The lowest BCUT2D eigenvalue weighted by molar-refractivity contribution is 0.247. The molecular formula is C11H23N. The Kier molecular flexibility index (Phi) is 4.07. The summed E-state index contributed by atoms with van der Waals surface area (Å²) in [4.78, 5) is 0. The minimum Gasteiger partial charge on any atom is -0.327 e. The maximum absolute atomic E-state index is 6.07. The molecule has 0 saturated heterocycles. The minimum atomic E-state index is 0.512. The molecule has 12 heavy (non-hydrogen) atoms. The molecule has 1 saturated carbocycles. The molecule has 0 aliphatic heterocycles. The molecule has 1 atom stereocenters. The molecule has 0 spiro atoms. The molecule has 1 aliphatic rings. The van der Waals surface area contributed by atoms with Gasteiger partial charge in [0.05, 0.1) is 0 Å². The second-order valence-electron chi connectivity index (χ2n) is 4.68. The summed E-state index contributed by atoms with van der Waals surface area (Å²) in [6.07, 6.45) is 8.13. The molecule has 1 aliphatic carbocycles. The van der Waals surface area contributed by atoms with Gasteiger partial charge in [0, 0.05) is 6.04 Å². The predicted molar refractivity (Wildman–Crippen MR) is 54.0 cm³/mol. The van der Waals surface area contributed by atoms with Crippen LogP contribution in [-0.2, 0) is 0 Å². The minimum absolute atomic E-state index is 0.512. The highest BCUT2D eigenvalue weighted by Gasteiger charge is 2.23. The van der Waals surface area contributed by atoms with Gasteiger partial charge in [-0.2, -0.15) is 0 Å². The lowest BCUT2D eigenvalue weighted by atomic mass is 9.78. The molecule has 0 aromatic carbocycles. The first-order chi connectivity index (χ1) is 5.70. The number of hydrogen-bond acceptors (Lipinski definition) is 1. The van der Waals surface area contributed by atoms with Crippen molar-refractivity contribution in [3.8, 4) is 0 Å². The normalized spacial score (nSPS) is 21.0. The van der Waals surface area contributed by atoms with Gasteiger partial charge in [-0.25, -0.2) is 0 Å². The van der Waals surface area contributed by atoms with Gasteiger partial charge in [-0.05, 0) is 31.1 Å². The Balaban J connectivity index is 1.98. The summed E-state index contributed by atoms with van der Waals surface area (Å²) in [7, 11) is 0. The summed E-state index contributed by atoms with van der Waals surface area (Å²) in [5.41, 5.74) is 6.07. The second-order valence-corrected chi connectivity index (χ2v) is 4.68. The van der Waals surface area contributed by atoms with Crippen molar-refractivity contribution in [1.82, 2.24) is 0 Å². The van der Waals surface area contributed by atoms with Crippen molar-refractivity contribution in [2.24, 2.45) is 17.6 Å². The Morgan fingerprint density at radius 1 is 1.25 bits per heavy atom. The van der Waals surface area contributed by atoms with E-state index < -0.39 is 0 Å². The molecule has 2 N–H and O–H groups in total. The summed E-state index contributed by atoms with van der Waals surface area (Å²) >= 11 is 0. The summed E-state index contributed by atoms with van der Waals surface area (Å²) in [6.45, 7) is 4.57. The fraction of sp³-hybridized carbons (Fsp3) is 1.00. The van der Waals surface area contributed by atoms with Gasteiger partial charge in [0.25, 0.3) is 0 Å². The van der Waals surface area contributed by atoms with Gasteiger partial charge in [0.1, 0.15) is 0 Å². The van der Waals surface area contributed by atoms with Crippen molar-refractivity contribution in [1.29, 1.82) is 0 Å². The first-order valence-corrected chi connectivity index (χ1v) is 5.45. The van der Waals surface area contributed by atoms with Crippen LogP contribution in [0.4, 0.5) is 0 Å². The van der Waals surface area contributed by atoms with Crippen LogP contribution < -0.4 is 5.73 Å². The third-order valence-electron chi connectivity index (χ3n) is 3.07. The Bertz CT molecular complexity index is 116. The van der Waals surface area contributed by atoms with Crippen molar-refractivity contribution in [3.63, 3.8) is 0 Å². The lowest BCUT2D eigenvalue weighted by Crippen LogP contribution is -2.34. The molecule has 1 heteroatoms. The summed E-state index contributed by atoms with van der Waals surface area (Å²) in [6, 6.07) is 0.512. The lowest BCUT2D eigenvalue weighted by Gasteiger charge is -2.31. The summed E-state index contributed by atoms with van der Waals surface area (Å²) < 4.78 is 0. The topological polar surface area (TPSA) is 26.0 Å². The Labute approximate surface area is 76.7 Å². The number of rotatable bonds is 5. The van der Waals surface area contributed by atoms with E-state index in [9.17, 15) is 0 Å². The van der Waals surface area contributed by atoms with E-state index in [-0.39, 0.29) is 0 Å². The first-order valence-electron chi connectivity index (χ1n) is 5.45. The van der Waals surface area contributed by atoms with Gasteiger partial charge >= 0.3 is 0 Å². The van der Waals surface area contributed by atoms with Crippen LogP contribution in [0.3, 0.4) is 0 Å². The molecule has 0 aromatic heterocycles. The molecule has 1 fully saturated rings. The molecule has 1 unspecified atom stereocenters. The summed E-state index contributed by atoms with van der Waals surface area (Å²) in [5.74, 6) is 1.72. The Morgan fingerprint density at radius 3 is 2.33 bits per heavy atom. The molecule has 0 amide bonds. The molecule has 72 valence electrons. The van der Waals surface area contributed by atoms with E-state index in [1.54, 1.807) is 0 Å². The molecule has 1 rings (SSSR count). The van der Waals surface area contributed by atoms with E-state index in [0.29, 0.717) is 6.04 Å². The van der Waals surface area contributed by atoms with Gasteiger partial charge < -0.3 is 5.73 Å². The largest absolute Gasteiger partial charge is 0.327 e. The smallest absolute Gasteiger partial charge is 0.00671 e. The van der Waals surface area contributed by atoms with Crippen LogP contribution in [-0.4, -0.2) is 6.04 Å². The van der Waals surface area contributed by atoms with Crippen LogP contribution in [0.1, 0.15) is 52.4 Å². The van der Waals surface area contributed by atoms with Crippen LogP contribution in [0, 0.1) is 11.8 Å². The van der Waals surface area contributed by atoms with Crippen LogP contribution in [0.2, 0.25) is 0 Å². The zero-order valence-electron chi connectivity index (χ0n) is 8.55. The molecule has 1 nitrogen and oxygen atoms in total. The zero-order chi connectivity index (χ0) is 8.97. The number of nitrogens with two attached hydrogens (primary N) is 1. The highest BCUT2D eigenvalue weighted by atomic mass is 14.7. The van der Waals surface area contributed by atoms with Gasteiger partial charge in [-0.3, -0.25) is 0 Å². The van der Waals surface area contributed by atoms with Crippen LogP contribution in [0.25, 0.3) is 0 Å². The second kappa shape index (κ2) is 4.86. The fourth-order valence-electron chi connectivity index (χ4n) is 1.87. The molecule has 0 radical (unpaired) electrons. The molecule has 0 heterocycles. The third-order valence-corrected chi connectivity index (χ3v) is 3.07. The van der Waals surface area contributed by atoms with E-state index in [0.717, 1.165) is 11.8 Å². The monoisotopic (exact) mass is 169 g/mol. The number of hydrogen-bond donors (Lipinski definition) is 1. The SMILES string of the molecule is CC(C)CCCC(N)C1CCC1. The highest BCUT2D eigenvalue weighted by Crippen LogP contribution is 2.30. The van der Waals surface area contributed by atoms with Gasteiger partial charge in [0.15, 0.2) is 0 Å². The molecule has 0 bridgehead atoms. The van der Waals surface area contributed by atoms with E-state index in [1.165, 1.54) is 38.5 Å². The van der Waals surface area contributed by atoms with Crippen molar-refractivity contribution >= 4 is 0 Å². The van der Waals surface area contributed by atoms with Crippen molar-refractivity contribution in [2.45, 2.75) is 58.4 Å². The van der Waals surface area contributed by atoms with E-state index in [4.69, 9.17) is 5.73 Å². The van der Waals surface area contributed by atoms with Crippen LogP contribution in [0.15, 0.2) is 0 Å². The average Bonchev–Trinajstić information content (AvgIpc) is 1.81. The van der Waals surface area contributed by atoms with E-state index in [1.807, 2.05) is 0 Å². The maximum Gasteiger partial charge on any atom is 0.00671 e. The van der Waals surface area contributed by atoms with Gasteiger partial charge in [-0.1, -0.05) is 33.1 Å². The molecule has 0 aromatic rings. The van der Waals surface area contributed by atoms with E-state index in [2.05, 4.69) is 13.8 Å². The average molecular weight is 169 g/mol. The fourth-order valence-corrected chi connectivity index (χ4v) is 1.87. The van der Waals surface area contributed by atoms with Crippen LogP contribution >= 0.6 is 0 Å². The quantitative estimate of drug-likeness (QED) is 0.673. The standard InChI is InChI=1S/C11H23N/c1-9(2)5-3-8-11(12)10-6-4-7-10/h9-11H,3-8,12H2,1-2H3. The maximum atomic E-state index is 6.07. The van der Waals surface area contributed by atoms with Gasteiger partial charge in [0.2, 0.25) is 0 Å². The van der Waals surface area contributed by atoms with Crippen LogP contribution in [0.5, 0.6) is 0 Å². The Hall–Kier alpha value is -0.0400. The first kappa shape index (κ1) is 10.0. The zero-order valence-corrected chi connectivity index (χ0v) is 8.55.